The number of thiol groups is 2. The van der Waals surface area contributed by atoms with Gasteiger partial charge in [0.05, 0.1) is 16.7 Å². The van der Waals surface area contributed by atoms with Gasteiger partial charge in [0.15, 0.2) is 79.6 Å². The molecule has 0 atom stereocenters. The molecule has 46 heteroatoms. The molecule has 9 aromatic carbocycles. The summed E-state index contributed by atoms with van der Waals surface area (Å²) in [6.45, 7) is 4.16. The maximum Gasteiger partial charge on any atom is 0.522 e. The number of carbonyl (C=O) groups is 1. The van der Waals surface area contributed by atoms with Crippen LogP contribution in [-0.2, 0) is 56.6 Å². The molecular weight excluding hydrogens is 1950 g/mol. The molecule has 1 heterocycles. The second-order valence-electron chi connectivity index (χ2n) is 22.5. The minimum absolute atomic E-state index is 0.128. The van der Waals surface area contributed by atoms with Crippen LogP contribution in [0.1, 0.15) is 77.7 Å². The number of rotatable bonds is 16. The Hall–Kier alpha value is -7.38. The van der Waals surface area contributed by atoms with Gasteiger partial charge in [0.25, 0.3) is 4.20 Å². The maximum absolute atomic E-state index is 14.4. The van der Waals surface area contributed by atoms with E-state index in [1.54, 1.807) is 47.4 Å². The summed E-state index contributed by atoms with van der Waals surface area (Å²) in [5.41, 5.74) is -9.07. The molecule has 1 aliphatic heterocycles. The number of alkyl halides is 10. The van der Waals surface area contributed by atoms with E-state index in [0.29, 0.717) is 33.2 Å². The fraction of sp³-hybridized carbons (Fsp3) is 0.222. The van der Waals surface area contributed by atoms with Crippen LogP contribution in [0.15, 0.2) is 171 Å². The van der Waals surface area contributed by atoms with Crippen LogP contribution in [0, 0.1) is 75.6 Å². The monoisotopic (exact) mass is 2010 g/mol. The molecule has 9 aromatic rings. The average Bonchev–Trinajstić information content (AvgIpc) is 0.808. The maximum atomic E-state index is 14.4. The highest BCUT2D eigenvalue weighted by molar-refractivity contribution is 9.11. The van der Waals surface area contributed by atoms with E-state index >= 15 is 0 Å². The Morgan fingerprint density at radius 1 is 0.508 bits per heavy atom. The number of carboxylic acid groups (broad SMARTS) is 1. The third kappa shape index (κ3) is 36.9. The van der Waals surface area contributed by atoms with E-state index in [-0.39, 0.29) is 40.1 Å². The summed E-state index contributed by atoms with van der Waals surface area (Å²) in [6.07, 6.45) is -2.07. The van der Waals surface area contributed by atoms with Gasteiger partial charge in [0, 0.05) is 62.0 Å². The molecule has 0 unspecified atom stereocenters. The number of hydrogen-bond donors (Lipinski definition) is 7. The summed E-state index contributed by atoms with van der Waals surface area (Å²) in [5.74, 6) is -17.9. The van der Waals surface area contributed by atoms with Crippen molar-refractivity contribution in [3.05, 3.63) is 280 Å². The zero-order valence-corrected chi connectivity index (χ0v) is 69.3. The zero-order valence-electron chi connectivity index (χ0n) is 59.5. The van der Waals surface area contributed by atoms with E-state index in [1.807, 2.05) is 43.3 Å². The number of halogens is 26. The van der Waals surface area contributed by atoms with Crippen LogP contribution in [0.5, 0.6) is 17.2 Å². The predicted molar refractivity (Wildman–Crippen MR) is 414 cm³/mol. The second-order valence-corrected chi connectivity index (χ2v) is 31.4. The number of aromatic hydroxyl groups is 1. The summed E-state index contributed by atoms with van der Waals surface area (Å²) in [4.78, 5) is 10.3. The number of phenolic OH excluding ortho intramolecular Hbond substituents is 1. The van der Waals surface area contributed by atoms with Crippen LogP contribution >= 0.6 is 84.8 Å². The highest BCUT2D eigenvalue weighted by Crippen LogP contribution is 2.38. The van der Waals surface area contributed by atoms with Gasteiger partial charge in [0.1, 0.15) is 46.1 Å². The van der Waals surface area contributed by atoms with Crippen LogP contribution in [0.25, 0.3) is 11.1 Å². The molecule has 1 aliphatic rings. The van der Waals surface area contributed by atoms with Crippen LogP contribution in [-0.4, -0.2) is 97.5 Å². The van der Waals surface area contributed by atoms with E-state index in [1.165, 1.54) is 36.2 Å². The first-order valence-electron chi connectivity index (χ1n) is 32.2. The average molecular weight is 2010 g/mol. The number of aryl methyl sites for hydroxylation is 2. The van der Waals surface area contributed by atoms with E-state index in [0.717, 1.165) is 111 Å². The lowest BCUT2D eigenvalue weighted by atomic mass is 9.80. The number of carboxylic acids is 1. The van der Waals surface area contributed by atoms with E-state index < -0.39 is 155 Å². The van der Waals surface area contributed by atoms with Gasteiger partial charge in [-0.2, -0.15) is 77.6 Å². The Morgan fingerprint density at radius 3 is 1.19 bits per heavy atom. The molecule has 118 heavy (non-hydrogen) atoms. The van der Waals surface area contributed by atoms with E-state index in [4.69, 9.17) is 46.2 Å². The lowest BCUT2D eigenvalue weighted by Crippen LogP contribution is -2.29. The molecule has 0 amide bonds. The summed E-state index contributed by atoms with van der Waals surface area (Å²) < 4.78 is 352. The van der Waals surface area contributed by atoms with Gasteiger partial charge < -0.3 is 34.3 Å². The highest BCUT2D eigenvalue weighted by atomic mass is 79.9. The molecule has 0 radical (unpaired) electrons. The van der Waals surface area contributed by atoms with Gasteiger partial charge in [-0.1, -0.05) is 141 Å². The Labute approximate surface area is 702 Å². The lowest BCUT2D eigenvalue weighted by molar-refractivity contribution is -0.188. The summed E-state index contributed by atoms with van der Waals surface area (Å²) in [5, 5.41) is 34.5. The van der Waals surface area contributed by atoms with Crippen LogP contribution in [0.4, 0.5) is 101 Å². The molecule has 646 valence electrons. The van der Waals surface area contributed by atoms with Crippen molar-refractivity contribution in [2.45, 2.75) is 75.6 Å². The molecule has 0 saturated carbocycles. The van der Waals surface area contributed by atoms with E-state index in [2.05, 4.69) is 89.4 Å². The van der Waals surface area contributed by atoms with Crippen molar-refractivity contribution in [1.82, 2.24) is 0 Å². The van der Waals surface area contributed by atoms with Crippen molar-refractivity contribution in [1.29, 1.82) is 0 Å². The molecule has 0 aromatic heterocycles. The standard InChI is InChI=1S/C22H16F6O.C13H5BrF6O.C10H9BrFS2.C9H13BO2.C7H4BrFO2.C6H3F3O.C3H8S2.2CHF3O3S/c1-2-3-13-4-6-14(7-5-13)15-8-9-17(18(23)10-15)22(27,28)29-16-11-19(24)21(26)20(25)12-16;14-6-1-2-8(9(15)3-6)13(19,20)21-7-4-10(16)12(18)11(17)5-7;11-7-2-3-8(9(12)6-7)10-13-4-1-5-14-10;1-2-3-8-4-6-9(7-5-8)10(11)12;8-4-1-2-5(7(10)11)6(9)3-4;7-4-1-3(10)2-5(8)6(4)9;4-2-1-3-5;2*2-1(3,4)8(5,6)7/h4-12H,2-3H2,1H3;1-5H;2-3,6H,1,4-5H2;4-7,11-12H,2-3H2,1H3;1-3H,(H,10,11);1-2,10H;4-5H,1-3H2;2*(H,5,6,7)/q;;+1;;;;;;/p-1. The number of hydrogen-bond acceptors (Lipinski definition) is 14. The SMILES string of the molecule is CCCc1ccc(-c2ccc(C(F)(F)Oc3cc(F)c(F)c(F)c3)c(F)c2)cc1.CCCc1ccc(B(O)O)cc1.Fc1cc(Br)ccc1C(F)(F)Oc1cc(F)c(F)c(F)c1.Fc1cc(Br)ccc1C1=[S+]CCCS1.O=C(O)c1ccc(Br)cc1F.O=S(=O)(O)C(F)(F)F.O=S(=O)([O-])C(F)(F)F.Oc1cc(F)c(F)c(F)c1.SCCCS. The fourth-order valence-corrected chi connectivity index (χ4v) is 12.2. The van der Waals surface area contributed by atoms with Crippen LogP contribution in [0.3, 0.4) is 0 Å². The topological polar surface area (TPSA) is 228 Å². The first-order valence-corrected chi connectivity index (χ1v) is 40.6. The minimum atomic E-state index is -6.09. The summed E-state index contributed by atoms with van der Waals surface area (Å²) in [6, 6.07) is 31.4. The quantitative estimate of drug-likeness (QED) is 0.00698. The number of thioether (sulfide) groups is 1. The largest absolute Gasteiger partial charge is 0.741 e. The Balaban J connectivity index is 0.000000472. The van der Waals surface area contributed by atoms with Gasteiger partial charge in [-0.3, -0.25) is 4.55 Å². The third-order valence-corrected chi connectivity index (χ3v) is 19.4. The van der Waals surface area contributed by atoms with Crippen LogP contribution in [0.2, 0.25) is 0 Å². The molecule has 0 bridgehead atoms. The summed E-state index contributed by atoms with van der Waals surface area (Å²) >= 11 is 20.6. The number of ether oxygens (including phenoxy) is 2. The Morgan fingerprint density at radius 2 is 0.864 bits per heavy atom. The van der Waals surface area contributed by atoms with Crippen molar-refractivity contribution in [3.8, 4) is 28.4 Å². The summed E-state index contributed by atoms with van der Waals surface area (Å²) in [7, 11) is -13.3. The van der Waals surface area contributed by atoms with E-state index in [9.17, 15) is 106 Å². The molecule has 13 nitrogen and oxygen atoms in total. The van der Waals surface area contributed by atoms with Crippen molar-refractivity contribution in [3.63, 3.8) is 0 Å². The first-order chi connectivity index (χ1) is 54.6. The van der Waals surface area contributed by atoms with Crippen molar-refractivity contribution in [2.75, 3.05) is 23.0 Å². The van der Waals surface area contributed by atoms with Gasteiger partial charge in [0.2, 0.25) is 0 Å². The fourth-order valence-electron chi connectivity index (χ4n) is 8.06. The minimum Gasteiger partial charge on any atom is -0.741 e. The molecular formula is C72H59BBr3F23O13S6. The molecule has 0 fully saturated rings. The Kier molecular flexibility index (Phi) is 44.8. The zero-order chi connectivity index (χ0) is 90.2. The van der Waals surface area contributed by atoms with Crippen molar-refractivity contribution >= 4 is 139 Å². The van der Waals surface area contributed by atoms with Crippen LogP contribution < -0.4 is 14.9 Å². The molecule has 0 spiro atoms. The van der Waals surface area contributed by atoms with Gasteiger partial charge in [-0.25, -0.2) is 70.3 Å². The van der Waals surface area contributed by atoms with Gasteiger partial charge in [-0.15, -0.1) is 0 Å². The molecule has 0 aliphatic carbocycles. The molecule has 5 N–H and O–H groups in total. The highest BCUT2D eigenvalue weighted by Gasteiger charge is 2.45. The number of aromatic carboxylic acids is 1. The van der Waals surface area contributed by atoms with Crippen molar-refractivity contribution in [2.24, 2.45) is 0 Å². The first kappa shape index (κ1) is 107. The second kappa shape index (κ2) is 49.5. The number of phenols is 1. The normalized spacial score (nSPS) is 11.9. The van der Waals surface area contributed by atoms with Gasteiger partial charge in [-0.05, 0) is 125 Å². The molecule has 0 saturated heterocycles. The van der Waals surface area contributed by atoms with Gasteiger partial charge >= 0.3 is 46.4 Å². The molecule has 10 rings (SSSR count). The number of benzene rings is 9. The van der Waals surface area contributed by atoms with Crippen molar-refractivity contribution < 1.29 is 161 Å². The smallest absolute Gasteiger partial charge is 0.522 e. The third-order valence-electron chi connectivity index (χ3n) is 13.5. The predicted octanol–water partition coefficient (Wildman–Crippen LogP) is 21.5. The lowest BCUT2D eigenvalue weighted by Gasteiger charge is -2.19. The Bertz CT molecular complexity index is 4920.